The van der Waals surface area contributed by atoms with Crippen molar-refractivity contribution in [3.8, 4) is 0 Å². The van der Waals surface area contributed by atoms with E-state index in [9.17, 15) is 0 Å². The summed E-state index contributed by atoms with van der Waals surface area (Å²) in [5, 5.41) is 8.81. The molecule has 0 atom stereocenters. The molecule has 0 aliphatic heterocycles. The molecule has 0 saturated carbocycles. The van der Waals surface area contributed by atoms with E-state index >= 15 is 0 Å². The van der Waals surface area contributed by atoms with E-state index in [1.165, 1.54) is 0 Å². The average Bonchev–Trinajstić information content (AvgIpc) is 2.08. The molecule has 2 nitrogen and oxygen atoms in total. The van der Waals surface area contributed by atoms with Crippen molar-refractivity contribution >= 4 is 11.3 Å². The molecule has 0 unspecified atom stereocenters. The summed E-state index contributed by atoms with van der Waals surface area (Å²) in [6, 6.07) is 0. The van der Waals surface area contributed by atoms with Gasteiger partial charge in [-0.2, -0.15) is 0 Å². The first-order chi connectivity index (χ1) is 4.11. The first kappa shape index (κ1) is 6.68. The Hall–Kier alpha value is -0.440. The highest BCUT2D eigenvalue weighted by Crippen LogP contribution is 2.22. The molecule has 1 aromatic rings. The molecule has 0 aromatic carbocycles. The Morgan fingerprint density at radius 2 is 2.11 bits per heavy atom. The second-order valence-electron chi connectivity index (χ2n) is 2.99. The summed E-state index contributed by atoms with van der Waals surface area (Å²) in [7, 11) is 0. The second-order valence-corrected chi connectivity index (χ2v) is 3.83. The van der Waals surface area contributed by atoms with Gasteiger partial charge in [0.25, 0.3) is 0 Å². The van der Waals surface area contributed by atoms with Gasteiger partial charge in [0.1, 0.15) is 10.5 Å². The van der Waals surface area contributed by atoms with Gasteiger partial charge in [-0.15, -0.1) is 21.5 Å². The lowest BCUT2D eigenvalue weighted by Gasteiger charge is -2.11. The van der Waals surface area contributed by atoms with E-state index in [-0.39, 0.29) is 5.41 Å². The van der Waals surface area contributed by atoms with Crippen molar-refractivity contribution in [3.63, 3.8) is 0 Å². The number of aromatic nitrogens is 2. The van der Waals surface area contributed by atoms with Crippen LogP contribution in [0.5, 0.6) is 0 Å². The zero-order chi connectivity index (χ0) is 6.91. The van der Waals surface area contributed by atoms with Crippen molar-refractivity contribution in [1.82, 2.24) is 10.2 Å². The van der Waals surface area contributed by atoms with Gasteiger partial charge in [0, 0.05) is 5.41 Å². The standard InChI is InChI=1S/C6H10N2S/c1-6(2,3)5-8-7-4-9-5/h4H,1-3H3. The monoisotopic (exact) mass is 142 g/mol. The fourth-order valence-electron chi connectivity index (χ4n) is 0.500. The molecule has 0 spiro atoms. The van der Waals surface area contributed by atoms with Gasteiger partial charge < -0.3 is 0 Å². The minimum absolute atomic E-state index is 0.168. The molecule has 0 bridgehead atoms. The first-order valence-electron chi connectivity index (χ1n) is 2.87. The summed E-state index contributed by atoms with van der Waals surface area (Å²) in [6.07, 6.45) is 0. The van der Waals surface area contributed by atoms with Crippen molar-refractivity contribution in [1.29, 1.82) is 0 Å². The van der Waals surface area contributed by atoms with E-state index in [2.05, 4.69) is 31.0 Å². The molecule has 0 aliphatic carbocycles. The first-order valence-corrected chi connectivity index (χ1v) is 3.75. The fourth-order valence-corrected chi connectivity index (χ4v) is 1.14. The lowest BCUT2D eigenvalue weighted by Crippen LogP contribution is -2.10. The van der Waals surface area contributed by atoms with Crippen LogP contribution in [-0.4, -0.2) is 10.2 Å². The maximum absolute atomic E-state index is 3.96. The van der Waals surface area contributed by atoms with Crippen molar-refractivity contribution in [2.24, 2.45) is 0 Å². The minimum Gasteiger partial charge on any atom is -0.147 e. The Kier molecular flexibility index (Phi) is 1.53. The Bertz CT molecular complexity index is 173. The Morgan fingerprint density at radius 1 is 1.44 bits per heavy atom. The van der Waals surface area contributed by atoms with Crippen molar-refractivity contribution in [2.75, 3.05) is 0 Å². The molecule has 9 heavy (non-hydrogen) atoms. The molecule has 0 aliphatic rings. The van der Waals surface area contributed by atoms with E-state index in [0.717, 1.165) is 5.01 Å². The molecule has 0 amide bonds. The summed E-state index contributed by atoms with van der Waals surface area (Å²) < 4.78 is 0. The van der Waals surface area contributed by atoms with Crippen LogP contribution in [0.1, 0.15) is 25.8 Å². The topological polar surface area (TPSA) is 25.8 Å². The largest absolute Gasteiger partial charge is 0.147 e. The lowest BCUT2D eigenvalue weighted by molar-refractivity contribution is 0.578. The molecular formula is C6H10N2S. The molecule has 1 rings (SSSR count). The SMILES string of the molecule is CC(C)(C)c1nncs1. The smallest absolute Gasteiger partial charge is 0.122 e. The summed E-state index contributed by atoms with van der Waals surface area (Å²) in [5.41, 5.74) is 1.93. The molecule has 0 fully saturated rings. The van der Waals surface area contributed by atoms with Crippen molar-refractivity contribution in [2.45, 2.75) is 26.2 Å². The van der Waals surface area contributed by atoms with Crippen LogP contribution in [0.15, 0.2) is 5.51 Å². The fraction of sp³-hybridized carbons (Fsp3) is 0.667. The maximum Gasteiger partial charge on any atom is 0.122 e. The molecule has 3 heteroatoms. The highest BCUT2D eigenvalue weighted by Gasteiger charge is 2.16. The van der Waals surface area contributed by atoms with E-state index in [0.29, 0.717) is 0 Å². The van der Waals surface area contributed by atoms with Gasteiger partial charge in [0.2, 0.25) is 0 Å². The van der Waals surface area contributed by atoms with Crippen LogP contribution in [0.3, 0.4) is 0 Å². The predicted octanol–water partition coefficient (Wildman–Crippen LogP) is 1.84. The molecular weight excluding hydrogens is 132 g/mol. The molecule has 0 radical (unpaired) electrons. The highest BCUT2D eigenvalue weighted by molar-refractivity contribution is 7.09. The zero-order valence-corrected chi connectivity index (χ0v) is 6.70. The third kappa shape index (κ3) is 1.48. The summed E-state index contributed by atoms with van der Waals surface area (Å²) >= 11 is 1.61. The van der Waals surface area contributed by atoms with Crippen LogP contribution < -0.4 is 0 Å². The number of nitrogens with zero attached hydrogens (tertiary/aromatic N) is 2. The van der Waals surface area contributed by atoms with E-state index in [1.54, 1.807) is 16.8 Å². The van der Waals surface area contributed by atoms with Crippen LogP contribution in [0.25, 0.3) is 0 Å². The highest BCUT2D eigenvalue weighted by atomic mass is 32.1. The Labute approximate surface area is 58.9 Å². The van der Waals surface area contributed by atoms with E-state index < -0.39 is 0 Å². The van der Waals surface area contributed by atoms with Crippen LogP contribution in [0, 0.1) is 0 Å². The Balaban J connectivity index is 2.90. The molecule has 0 saturated heterocycles. The third-order valence-electron chi connectivity index (χ3n) is 1.00. The summed E-state index contributed by atoms with van der Waals surface area (Å²) in [4.78, 5) is 0. The van der Waals surface area contributed by atoms with Gasteiger partial charge in [-0.25, -0.2) is 0 Å². The normalized spacial score (nSPS) is 11.9. The van der Waals surface area contributed by atoms with Gasteiger partial charge in [0.05, 0.1) is 0 Å². The van der Waals surface area contributed by atoms with Crippen LogP contribution in [0.2, 0.25) is 0 Å². The Morgan fingerprint density at radius 3 is 2.33 bits per heavy atom. The van der Waals surface area contributed by atoms with E-state index in [4.69, 9.17) is 0 Å². The van der Waals surface area contributed by atoms with Crippen molar-refractivity contribution < 1.29 is 0 Å². The molecule has 50 valence electrons. The summed E-state index contributed by atoms with van der Waals surface area (Å²) in [6.45, 7) is 6.40. The minimum atomic E-state index is 0.168. The van der Waals surface area contributed by atoms with E-state index in [1.807, 2.05) is 0 Å². The molecule has 1 heterocycles. The quantitative estimate of drug-likeness (QED) is 0.552. The van der Waals surface area contributed by atoms with Crippen molar-refractivity contribution in [3.05, 3.63) is 10.5 Å². The van der Waals surface area contributed by atoms with Gasteiger partial charge in [0.15, 0.2) is 0 Å². The molecule has 1 aromatic heterocycles. The zero-order valence-electron chi connectivity index (χ0n) is 5.88. The maximum atomic E-state index is 3.96. The average molecular weight is 142 g/mol. The predicted molar refractivity (Wildman–Crippen MR) is 38.6 cm³/mol. The number of rotatable bonds is 0. The lowest BCUT2D eigenvalue weighted by atomic mass is 9.98. The van der Waals surface area contributed by atoms with Gasteiger partial charge in [-0.3, -0.25) is 0 Å². The van der Waals surface area contributed by atoms with Gasteiger partial charge >= 0.3 is 0 Å². The number of hydrogen-bond donors (Lipinski definition) is 0. The van der Waals surface area contributed by atoms with Gasteiger partial charge in [-0.1, -0.05) is 20.8 Å². The molecule has 0 N–H and O–H groups in total. The van der Waals surface area contributed by atoms with Crippen LogP contribution in [0.4, 0.5) is 0 Å². The van der Waals surface area contributed by atoms with Gasteiger partial charge in [-0.05, 0) is 0 Å². The second kappa shape index (κ2) is 2.06. The number of hydrogen-bond acceptors (Lipinski definition) is 3. The van der Waals surface area contributed by atoms with Crippen LogP contribution >= 0.6 is 11.3 Å². The van der Waals surface area contributed by atoms with Crippen LogP contribution in [-0.2, 0) is 5.41 Å². The third-order valence-corrected chi connectivity index (χ3v) is 2.12. The summed E-state index contributed by atoms with van der Waals surface area (Å²) in [5.74, 6) is 0.